The Morgan fingerprint density at radius 1 is 1.12 bits per heavy atom. The number of nitrogens with zero attached hydrogens (tertiary/aromatic N) is 2. The summed E-state index contributed by atoms with van der Waals surface area (Å²) in [6.07, 6.45) is 0.804. The fourth-order valence-corrected chi connectivity index (χ4v) is 5.48. The van der Waals surface area contributed by atoms with Gasteiger partial charge in [0.1, 0.15) is 6.61 Å². The monoisotopic (exact) mass is 476 g/mol. The largest absolute Gasteiger partial charge is 0.475 e. The van der Waals surface area contributed by atoms with E-state index < -0.39 is 10.7 Å². The number of benzene rings is 2. The second kappa shape index (κ2) is 10.4. The van der Waals surface area contributed by atoms with Gasteiger partial charge in [0, 0.05) is 22.1 Å². The molecule has 4 bridgehead atoms. The molecule has 0 radical (unpaired) electrons. The molecule has 6 nitrogen and oxygen atoms in total. The van der Waals surface area contributed by atoms with Crippen molar-refractivity contribution in [3.8, 4) is 17.1 Å². The first-order valence-corrected chi connectivity index (χ1v) is 12.9. The molecule has 0 fully saturated rings. The number of nitrogens with one attached hydrogen (secondary N) is 2. The molecule has 1 amide bonds. The van der Waals surface area contributed by atoms with E-state index in [1.807, 2.05) is 37.3 Å². The average Bonchev–Trinajstić information content (AvgIpc) is 2.80. The molecule has 2 heterocycles. The molecule has 34 heavy (non-hydrogen) atoms. The van der Waals surface area contributed by atoms with E-state index in [1.165, 1.54) is 0 Å². The molecule has 0 aliphatic carbocycles. The summed E-state index contributed by atoms with van der Waals surface area (Å²) in [4.78, 5) is 23.6. The Kier molecular flexibility index (Phi) is 7.32. The number of ether oxygens (including phenoxy) is 1. The highest BCUT2D eigenvalue weighted by molar-refractivity contribution is 8.16. The number of carbonyl (C=O) groups excluding carboxylic acids is 1. The molecule has 0 spiro atoms. The molecule has 7 heteroatoms. The van der Waals surface area contributed by atoms with Gasteiger partial charge in [-0.3, -0.25) is 4.79 Å². The van der Waals surface area contributed by atoms with Crippen LogP contribution in [0.15, 0.2) is 53.4 Å². The third kappa shape index (κ3) is 5.47. The van der Waals surface area contributed by atoms with Crippen LogP contribution in [0.2, 0.25) is 0 Å². The van der Waals surface area contributed by atoms with Crippen LogP contribution < -0.4 is 14.8 Å². The molecule has 1 unspecified atom stereocenters. The highest BCUT2D eigenvalue weighted by Gasteiger charge is 2.19. The predicted molar refractivity (Wildman–Crippen MR) is 141 cm³/mol. The Morgan fingerprint density at radius 3 is 2.56 bits per heavy atom. The summed E-state index contributed by atoms with van der Waals surface area (Å²) in [5.74, 6) is 1.30. The van der Waals surface area contributed by atoms with E-state index in [9.17, 15) is 4.79 Å². The third-order valence-electron chi connectivity index (χ3n) is 5.75. The van der Waals surface area contributed by atoms with Gasteiger partial charge in [-0.05, 0) is 67.8 Å². The van der Waals surface area contributed by atoms with Gasteiger partial charge in [-0.2, -0.15) is 4.98 Å². The van der Waals surface area contributed by atoms with E-state index in [-0.39, 0.29) is 11.9 Å². The molecule has 3 aromatic rings. The van der Waals surface area contributed by atoms with Crippen molar-refractivity contribution >= 4 is 27.9 Å². The molecule has 0 saturated heterocycles. The van der Waals surface area contributed by atoms with Crippen LogP contribution >= 0.6 is 10.7 Å². The Labute approximate surface area is 204 Å². The summed E-state index contributed by atoms with van der Waals surface area (Å²) >= 11 is 0. The van der Waals surface area contributed by atoms with Crippen molar-refractivity contribution in [1.29, 1.82) is 0 Å². The lowest BCUT2D eigenvalue weighted by atomic mass is 10.00. The fourth-order valence-electron chi connectivity index (χ4n) is 4.21. The Bertz CT molecular complexity index is 1220. The molecule has 1 aliphatic rings. The lowest BCUT2D eigenvalue weighted by molar-refractivity contribution is 0.0913. The van der Waals surface area contributed by atoms with Gasteiger partial charge in [-0.15, -0.1) is 0 Å². The van der Waals surface area contributed by atoms with E-state index in [4.69, 9.17) is 9.72 Å². The number of aryl methyl sites for hydroxylation is 2. The van der Waals surface area contributed by atoms with Crippen LogP contribution in [-0.2, 0) is 0 Å². The molecular weight excluding hydrogens is 444 g/mol. The van der Waals surface area contributed by atoms with Gasteiger partial charge in [0.15, 0.2) is 0 Å². The van der Waals surface area contributed by atoms with Crippen molar-refractivity contribution in [1.82, 2.24) is 15.3 Å². The van der Waals surface area contributed by atoms with E-state index in [0.717, 1.165) is 33.7 Å². The van der Waals surface area contributed by atoms with Crippen LogP contribution in [0.1, 0.15) is 48.7 Å². The smallest absolute Gasteiger partial charge is 0.251 e. The molecule has 178 valence electrons. The zero-order chi connectivity index (χ0) is 24.2. The van der Waals surface area contributed by atoms with Gasteiger partial charge in [0.05, 0.1) is 11.7 Å². The highest BCUT2D eigenvalue weighted by atomic mass is 32.2. The minimum absolute atomic E-state index is 0.0935. The van der Waals surface area contributed by atoms with E-state index in [0.29, 0.717) is 29.9 Å². The zero-order valence-corrected chi connectivity index (χ0v) is 21.2. The standard InChI is InChI=1S/C27H32N4O2S/c1-6-34-22-12-8-11-20(14-22)26(32)28-21(13-17(2)3)16-33-24-15-23(29-27(30-24)31-34)25-18(4)9-7-10-19(25)5/h6-12,14-15,17,21H,13,16H2,1-5H3,(H,28,32)(H,29,30,31)/t21-,34?/m1/s1. The van der Waals surface area contributed by atoms with Crippen molar-refractivity contribution in [2.24, 2.45) is 5.92 Å². The number of rotatable bonds is 3. The van der Waals surface area contributed by atoms with Gasteiger partial charge in [0.2, 0.25) is 11.8 Å². The minimum atomic E-state index is -0.493. The summed E-state index contributed by atoms with van der Waals surface area (Å²) in [5.41, 5.74) is 4.82. The van der Waals surface area contributed by atoms with Crippen LogP contribution in [0.4, 0.5) is 5.95 Å². The lowest BCUT2D eigenvalue weighted by Gasteiger charge is -2.21. The van der Waals surface area contributed by atoms with Gasteiger partial charge < -0.3 is 14.8 Å². The van der Waals surface area contributed by atoms with E-state index in [2.05, 4.69) is 66.3 Å². The van der Waals surface area contributed by atoms with Crippen LogP contribution in [0.3, 0.4) is 0 Å². The SMILES string of the molecule is C/C=S1/Nc2nc(cc(-c3c(C)cccc3C)n2)OC[C@@H](CC(C)C)NC(=O)c2cccc1c2. The maximum atomic E-state index is 13.0. The van der Waals surface area contributed by atoms with E-state index >= 15 is 0 Å². The average molecular weight is 477 g/mol. The van der Waals surface area contributed by atoms with Gasteiger partial charge >= 0.3 is 0 Å². The van der Waals surface area contributed by atoms with Gasteiger partial charge in [-0.25, -0.2) is 4.98 Å². The number of aromatic nitrogens is 2. The normalized spacial score (nSPS) is 18.2. The minimum Gasteiger partial charge on any atom is -0.475 e. The van der Waals surface area contributed by atoms with Gasteiger partial charge in [0.25, 0.3) is 5.91 Å². The summed E-state index contributed by atoms with van der Waals surface area (Å²) in [5, 5.41) is 5.23. The topological polar surface area (TPSA) is 76.1 Å². The first kappa shape index (κ1) is 24.0. The summed E-state index contributed by atoms with van der Waals surface area (Å²) in [6.45, 7) is 10.8. The Morgan fingerprint density at radius 2 is 1.85 bits per heavy atom. The quantitative estimate of drug-likeness (QED) is 0.469. The van der Waals surface area contributed by atoms with Crippen molar-refractivity contribution < 1.29 is 9.53 Å². The van der Waals surface area contributed by atoms with Crippen molar-refractivity contribution in [2.45, 2.75) is 52.0 Å². The van der Waals surface area contributed by atoms with Crippen molar-refractivity contribution in [3.05, 3.63) is 65.2 Å². The molecule has 1 aliphatic heterocycles. The van der Waals surface area contributed by atoms with Gasteiger partial charge in [-0.1, -0.05) is 48.8 Å². The molecule has 1 aromatic heterocycles. The van der Waals surface area contributed by atoms with Crippen LogP contribution in [0.5, 0.6) is 5.88 Å². The summed E-state index contributed by atoms with van der Waals surface area (Å²) < 4.78 is 9.64. The number of carbonyl (C=O) groups is 1. The number of hydrogen-bond acceptors (Lipinski definition) is 5. The first-order chi connectivity index (χ1) is 16.3. The second-order valence-electron chi connectivity index (χ2n) is 9.00. The molecule has 0 saturated carbocycles. The number of anilines is 1. The molecule has 2 atom stereocenters. The molecular formula is C27H32N4O2S. The van der Waals surface area contributed by atoms with Crippen LogP contribution in [-0.4, -0.2) is 33.9 Å². The summed E-state index contributed by atoms with van der Waals surface area (Å²) in [7, 11) is -0.493. The Balaban J connectivity index is 1.83. The second-order valence-corrected chi connectivity index (χ2v) is 10.8. The Hall–Kier alpha value is -3.19. The molecule has 2 N–H and O–H groups in total. The number of amides is 1. The van der Waals surface area contributed by atoms with Crippen LogP contribution in [0, 0.1) is 19.8 Å². The molecule has 2 aromatic carbocycles. The zero-order valence-electron chi connectivity index (χ0n) is 20.4. The predicted octanol–water partition coefficient (Wildman–Crippen LogP) is 5.77. The first-order valence-electron chi connectivity index (χ1n) is 11.6. The summed E-state index contributed by atoms with van der Waals surface area (Å²) in [6, 6.07) is 15.7. The van der Waals surface area contributed by atoms with E-state index in [1.54, 1.807) is 0 Å². The number of hydrogen-bond donors (Lipinski definition) is 2. The highest BCUT2D eigenvalue weighted by Crippen LogP contribution is 2.32. The van der Waals surface area contributed by atoms with Crippen LogP contribution in [0.25, 0.3) is 11.3 Å². The third-order valence-corrected chi connectivity index (χ3v) is 7.39. The van der Waals surface area contributed by atoms with Crippen molar-refractivity contribution in [2.75, 3.05) is 11.3 Å². The lowest BCUT2D eigenvalue weighted by Crippen LogP contribution is -2.40. The number of fused-ring (bicyclic) bond motifs is 4. The fraction of sp³-hybridized carbons (Fsp3) is 0.333. The maximum absolute atomic E-state index is 13.0. The molecule has 4 rings (SSSR count). The van der Waals surface area contributed by atoms with Crippen molar-refractivity contribution in [3.63, 3.8) is 0 Å². The maximum Gasteiger partial charge on any atom is 0.251 e.